The third-order valence-corrected chi connectivity index (χ3v) is 3.61. The molecular weight excluding hydrogens is 326 g/mol. The van der Waals surface area contributed by atoms with Crippen molar-refractivity contribution < 1.29 is 23.9 Å². The number of rotatable bonds is 7. The summed E-state index contributed by atoms with van der Waals surface area (Å²) in [5.41, 5.74) is 0.579. The Bertz CT molecular complexity index is 744. The summed E-state index contributed by atoms with van der Waals surface area (Å²) in [6, 6.07) is 4.24. The zero-order valence-electron chi connectivity index (χ0n) is 14.0. The van der Waals surface area contributed by atoms with Crippen LogP contribution in [0.3, 0.4) is 0 Å². The van der Waals surface area contributed by atoms with Crippen LogP contribution in [-0.4, -0.2) is 43.5 Å². The van der Waals surface area contributed by atoms with Gasteiger partial charge >= 0.3 is 6.03 Å². The highest BCUT2D eigenvalue weighted by molar-refractivity contribution is 6.18. The molecule has 1 aromatic carbocycles. The van der Waals surface area contributed by atoms with E-state index in [9.17, 15) is 14.4 Å². The number of amides is 4. The molecule has 25 heavy (non-hydrogen) atoms. The number of nitrogens with one attached hydrogen (secondary N) is 2. The van der Waals surface area contributed by atoms with E-state index in [-0.39, 0.29) is 12.2 Å². The van der Waals surface area contributed by atoms with E-state index in [2.05, 4.69) is 23.8 Å². The van der Waals surface area contributed by atoms with E-state index in [0.29, 0.717) is 17.2 Å². The number of urea groups is 1. The molecule has 0 radical (unpaired) electrons. The molecular formula is C17H19N3O5. The first kappa shape index (κ1) is 18.1. The Kier molecular flexibility index (Phi) is 5.43. The quantitative estimate of drug-likeness (QED) is 0.574. The largest absolute Gasteiger partial charge is 0.497 e. The molecule has 1 aliphatic rings. The van der Waals surface area contributed by atoms with Crippen LogP contribution in [0.1, 0.15) is 0 Å². The molecule has 0 saturated carbocycles. The molecule has 1 heterocycles. The van der Waals surface area contributed by atoms with Crippen molar-refractivity contribution in [3.05, 3.63) is 43.1 Å². The van der Waals surface area contributed by atoms with Gasteiger partial charge in [-0.15, -0.1) is 6.58 Å². The number of anilines is 1. The molecule has 0 aliphatic carbocycles. The van der Waals surface area contributed by atoms with Crippen LogP contribution in [0.2, 0.25) is 0 Å². The lowest BCUT2D eigenvalue weighted by Crippen LogP contribution is -2.58. The lowest BCUT2D eigenvalue weighted by atomic mass is 10.0. The number of carbonyl (C=O) groups is 3. The second-order valence-corrected chi connectivity index (χ2v) is 5.18. The zero-order chi connectivity index (χ0) is 18.6. The fourth-order valence-corrected chi connectivity index (χ4v) is 2.38. The maximum Gasteiger partial charge on any atom is 0.331 e. The van der Waals surface area contributed by atoms with Crippen molar-refractivity contribution >= 4 is 23.5 Å². The van der Waals surface area contributed by atoms with Gasteiger partial charge in [0.2, 0.25) is 11.8 Å². The van der Waals surface area contributed by atoms with Gasteiger partial charge in [0.1, 0.15) is 11.5 Å². The van der Waals surface area contributed by atoms with Crippen molar-refractivity contribution in [3.8, 4) is 11.5 Å². The molecule has 2 rings (SSSR count). The molecule has 1 fully saturated rings. The molecule has 1 aromatic rings. The number of barbiturate groups is 1. The van der Waals surface area contributed by atoms with E-state index in [0.717, 1.165) is 4.90 Å². The Morgan fingerprint density at radius 2 is 2.04 bits per heavy atom. The van der Waals surface area contributed by atoms with Crippen LogP contribution >= 0.6 is 0 Å². The van der Waals surface area contributed by atoms with Crippen molar-refractivity contribution in [2.24, 2.45) is 5.92 Å². The minimum atomic E-state index is -1.26. The normalized spacial score (nSPS) is 17.0. The number of carbonyl (C=O) groups excluding carboxylic acids is 3. The molecule has 0 unspecified atom stereocenters. The van der Waals surface area contributed by atoms with E-state index in [1.807, 2.05) is 0 Å². The number of hydrogen-bond acceptors (Lipinski definition) is 6. The molecule has 0 aromatic heterocycles. The first-order valence-corrected chi connectivity index (χ1v) is 7.37. The molecule has 1 atom stereocenters. The highest BCUT2D eigenvalue weighted by Crippen LogP contribution is 2.31. The zero-order valence-corrected chi connectivity index (χ0v) is 14.0. The fraction of sp³-hybridized carbons (Fsp3) is 0.235. The third-order valence-electron chi connectivity index (χ3n) is 3.61. The lowest BCUT2D eigenvalue weighted by molar-refractivity contribution is -0.140. The van der Waals surface area contributed by atoms with E-state index in [4.69, 9.17) is 9.47 Å². The first-order chi connectivity index (χ1) is 11.9. The van der Waals surface area contributed by atoms with Gasteiger partial charge in [0.15, 0.2) is 5.92 Å². The van der Waals surface area contributed by atoms with E-state index < -0.39 is 23.8 Å². The lowest BCUT2D eigenvalue weighted by Gasteiger charge is -2.30. The number of imide groups is 2. The number of hydrogen-bond donors (Lipinski definition) is 2. The van der Waals surface area contributed by atoms with E-state index in [1.165, 1.54) is 20.3 Å². The molecule has 1 aliphatic heterocycles. The summed E-state index contributed by atoms with van der Waals surface area (Å²) in [5, 5.41) is 5.03. The molecule has 8 nitrogen and oxygen atoms in total. The summed E-state index contributed by atoms with van der Waals surface area (Å²) in [5.74, 6) is -1.64. The molecule has 8 heteroatoms. The summed E-state index contributed by atoms with van der Waals surface area (Å²) in [4.78, 5) is 37.2. The summed E-state index contributed by atoms with van der Waals surface area (Å²) in [7, 11) is 3.00. The molecule has 132 valence electrons. The van der Waals surface area contributed by atoms with Gasteiger partial charge in [0.05, 0.1) is 19.9 Å². The van der Waals surface area contributed by atoms with Crippen molar-refractivity contribution in [2.75, 3.05) is 26.1 Å². The molecule has 0 bridgehead atoms. The average molecular weight is 345 g/mol. The van der Waals surface area contributed by atoms with Gasteiger partial charge in [0, 0.05) is 18.3 Å². The number of ether oxygens (including phenoxy) is 2. The van der Waals surface area contributed by atoms with Crippen LogP contribution in [0.4, 0.5) is 10.5 Å². The van der Waals surface area contributed by atoms with Crippen molar-refractivity contribution in [2.45, 2.75) is 0 Å². The average Bonchev–Trinajstić information content (AvgIpc) is 2.58. The number of nitrogens with zero attached hydrogens (tertiary/aromatic N) is 1. The van der Waals surface area contributed by atoms with Gasteiger partial charge in [0.25, 0.3) is 0 Å². The van der Waals surface area contributed by atoms with Crippen LogP contribution in [-0.2, 0) is 9.59 Å². The Labute approximate surface area is 145 Å². The van der Waals surface area contributed by atoms with Crippen LogP contribution in [0, 0.1) is 5.92 Å². The third kappa shape index (κ3) is 3.63. The highest BCUT2D eigenvalue weighted by atomic mass is 16.5. The van der Waals surface area contributed by atoms with Gasteiger partial charge in [-0.2, -0.15) is 0 Å². The van der Waals surface area contributed by atoms with Gasteiger partial charge < -0.3 is 14.8 Å². The minimum Gasteiger partial charge on any atom is -0.497 e. The van der Waals surface area contributed by atoms with Crippen LogP contribution < -0.4 is 20.1 Å². The summed E-state index contributed by atoms with van der Waals surface area (Å²) < 4.78 is 10.4. The molecule has 4 amide bonds. The minimum absolute atomic E-state index is 0.00971. The fourth-order valence-electron chi connectivity index (χ4n) is 2.38. The predicted molar refractivity (Wildman–Crippen MR) is 91.2 cm³/mol. The highest BCUT2D eigenvalue weighted by Gasteiger charge is 2.41. The first-order valence-electron chi connectivity index (χ1n) is 7.37. The Hall–Kier alpha value is -3.29. The van der Waals surface area contributed by atoms with E-state index >= 15 is 0 Å². The van der Waals surface area contributed by atoms with Crippen LogP contribution in [0.5, 0.6) is 11.5 Å². The maximum atomic E-state index is 12.5. The van der Waals surface area contributed by atoms with Gasteiger partial charge in [-0.1, -0.05) is 12.7 Å². The monoisotopic (exact) mass is 345 g/mol. The number of benzene rings is 1. The standard InChI is InChI=1S/C17H19N3O5/c1-5-8-20-16(22)14(15(21)19-17(20)23)10(2)18-12-9-11(24-3)6-7-13(12)25-4/h5-7,9,14,18H,1-2,8H2,3-4H3,(H,19,21,23)/t14-/m1/s1. The Balaban J connectivity index is 2.27. The smallest absolute Gasteiger partial charge is 0.331 e. The molecule has 0 spiro atoms. The van der Waals surface area contributed by atoms with Gasteiger partial charge in [-0.25, -0.2) is 4.79 Å². The van der Waals surface area contributed by atoms with Crippen LogP contribution in [0.25, 0.3) is 0 Å². The SMILES string of the molecule is C=CCN1C(=O)NC(=O)[C@@H](C(=C)Nc2cc(OC)ccc2OC)C1=O. The summed E-state index contributed by atoms with van der Waals surface area (Å²) in [6.07, 6.45) is 1.39. The number of methoxy groups -OCH3 is 2. The Morgan fingerprint density at radius 3 is 2.64 bits per heavy atom. The molecule has 1 saturated heterocycles. The molecule has 2 N–H and O–H groups in total. The van der Waals surface area contributed by atoms with Crippen molar-refractivity contribution in [1.29, 1.82) is 0 Å². The summed E-state index contributed by atoms with van der Waals surface area (Å²) in [6.45, 7) is 7.26. The maximum absolute atomic E-state index is 12.5. The van der Waals surface area contributed by atoms with Crippen molar-refractivity contribution in [1.82, 2.24) is 10.2 Å². The second kappa shape index (κ2) is 7.52. The van der Waals surface area contributed by atoms with Gasteiger partial charge in [-0.3, -0.25) is 19.8 Å². The second-order valence-electron chi connectivity index (χ2n) is 5.18. The van der Waals surface area contributed by atoms with Crippen molar-refractivity contribution in [3.63, 3.8) is 0 Å². The topological polar surface area (TPSA) is 97.0 Å². The summed E-state index contributed by atoms with van der Waals surface area (Å²) >= 11 is 0. The predicted octanol–water partition coefficient (Wildman–Crippen LogP) is 1.51. The Morgan fingerprint density at radius 1 is 1.32 bits per heavy atom. The van der Waals surface area contributed by atoms with Crippen LogP contribution in [0.15, 0.2) is 43.1 Å². The van der Waals surface area contributed by atoms with E-state index in [1.54, 1.807) is 18.2 Å². The van der Waals surface area contributed by atoms with Gasteiger partial charge in [-0.05, 0) is 12.1 Å².